The van der Waals surface area contributed by atoms with Crippen LogP contribution >= 0.6 is 11.8 Å². The average molecular weight is 446 g/mol. The Bertz CT molecular complexity index is 1190. The Labute approximate surface area is 190 Å². The Kier molecular flexibility index (Phi) is 6.72. The number of ether oxygens (including phenoxy) is 1. The van der Waals surface area contributed by atoms with Crippen molar-refractivity contribution in [2.75, 3.05) is 16.9 Å². The number of rotatable bonds is 8. The van der Waals surface area contributed by atoms with Gasteiger partial charge in [0, 0.05) is 11.3 Å². The third kappa shape index (κ3) is 5.28. The Balaban J connectivity index is 1.29. The van der Waals surface area contributed by atoms with Gasteiger partial charge in [0.2, 0.25) is 11.1 Å². The lowest BCUT2D eigenvalue weighted by atomic mass is 10.1. The lowest BCUT2D eigenvalue weighted by molar-refractivity contribution is -0.113. The van der Waals surface area contributed by atoms with Crippen LogP contribution in [0.2, 0.25) is 0 Å². The van der Waals surface area contributed by atoms with E-state index < -0.39 is 0 Å². The van der Waals surface area contributed by atoms with Crippen molar-refractivity contribution < 1.29 is 9.53 Å². The molecular formula is C24H23N5O2S. The number of nitrogens with one attached hydrogen (secondary N) is 1. The number of hydrogen-bond donors (Lipinski definition) is 2. The molecule has 3 N–H and O–H groups in total. The van der Waals surface area contributed by atoms with E-state index in [1.807, 2.05) is 85.8 Å². The molecule has 0 radical (unpaired) electrons. The smallest absolute Gasteiger partial charge is 0.234 e. The van der Waals surface area contributed by atoms with Gasteiger partial charge >= 0.3 is 0 Å². The number of thioether (sulfide) groups is 1. The van der Waals surface area contributed by atoms with Gasteiger partial charge in [0.15, 0.2) is 5.82 Å². The van der Waals surface area contributed by atoms with Gasteiger partial charge in [-0.2, -0.15) is 0 Å². The van der Waals surface area contributed by atoms with Crippen molar-refractivity contribution >= 4 is 23.4 Å². The number of aromatic nitrogens is 3. The SMILES string of the molecule is Cc1ccccc1-c1nnc(SCC(=O)Nc2ccc(OCc3ccccc3)cc2)n1N. The summed E-state index contributed by atoms with van der Waals surface area (Å²) in [5.41, 5.74) is 3.75. The number of benzene rings is 3. The molecule has 4 aromatic rings. The van der Waals surface area contributed by atoms with Crippen LogP contribution in [0.3, 0.4) is 0 Å². The first kappa shape index (κ1) is 21.5. The Morgan fingerprint density at radius 2 is 1.72 bits per heavy atom. The summed E-state index contributed by atoms with van der Waals surface area (Å²) >= 11 is 1.23. The van der Waals surface area contributed by atoms with Crippen LogP contribution in [-0.2, 0) is 11.4 Å². The first-order valence-electron chi connectivity index (χ1n) is 10.1. The molecule has 0 atom stereocenters. The van der Waals surface area contributed by atoms with E-state index in [1.165, 1.54) is 16.4 Å². The molecule has 8 heteroatoms. The highest BCUT2D eigenvalue weighted by Gasteiger charge is 2.15. The van der Waals surface area contributed by atoms with Crippen molar-refractivity contribution in [1.29, 1.82) is 0 Å². The maximum atomic E-state index is 12.4. The molecule has 0 aliphatic carbocycles. The number of hydrogen-bond acceptors (Lipinski definition) is 6. The van der Waals surface area contributed by atoms with Crippen LogP contribution in [0.15, 0.2) is 84.0 Å². The monoisotopic (exact) mass is 445 g/mol. The zero-order chi connectivity index (χ0) is 22.3. The fourth-order valence-electron chi connectivity index (χ4n) is 3.09. The van der Waals surface area contributed by atoms with Crippen LogP contribution in [0.4, 0.5) is 5.69 Å². The molecule has 0 aliphatic rings. The molecule has 0 saturated heterocycles. The average Bonchev–Trinajstić information content (AvgIpc) is 3.18. The van der Waals surface area contributed by atoms with E-state index >= 15 is 0 Å². The van der Waals surface area contributed by atoms with Gasteiger partial charge in [-0.15, -0.1) is 10.2 Å². The van der Waals surface area contributed by atoms with Crippen LogP contribution in [0, 0.1) is 6.92 Å². The Morgan fingerprint density at radius 3 is 2.47 bits per heavy atom. The predicted molar refractivity (Wildman–Crippen MR) is 127 cm³/mol. The van der Waals surface area contributed by atoms with Crippen molar-refractivity contribution in [2.45, 2.75) is 18.7 Å². The molecule has 0 fully saturated rings. The van der Waals surface area contributed by atoms with Crippen molar-refractivity contribution in [1.82, 2.24) is 14.9 Å². The lowest BCUT2D eigenvalue weighted by Gasteiger charge is -2.09. The molecule has 1 heterocycles. The second-order valence-electron chi connectivity index (χ2n) is 7.13. The summed E-state index contributed by atoms with van der Waals surface area (Å²) in [7, 11) is 0. The third-order valence-corrected chi connectivity index (χ3v) is 5.71. The molecule has 0 spiro atoms. The number of carbonyl (C=O) groups is 1. The Hall–Kier alpha value is -3.78. The van der Waals surface area contributed by atoms with Crippen molar-refractivity contribution in [3.8, 4) is 17.1 Å². The molecule has 0 aliphatic heterocycles. The van der Waals surface area contributed by atoms with Crippen LogP contribution < -0.4 is 15.9 Å². The fourth-order valence-corrected chi connectivity index (χ4v) is 3.74. The summed E-state index contributed by atoms with van der Waals surface area (Å²) < 4.78 is 7.18. The van der Waals surface area contributed by atoms with Gasteiger partial charge in [-0.25, -0.2) is 4.68 Å². The molecule has 162 valence electrons. The van der Waals surface area contributed by atoms with Gasteiger partial charge in [0.1, 0.15) is 12.4 Å². The minimum absolute atomic E-state index is 0.159. The number of anilines is 1. The normalized spacial score (nSPS) is 10.7. The minimum atomic E-state index is -0.159. The number of aryl methyl sites for hydroxylation is 1. The topological polar surface area (TPSA) is 95.1 Å². The molecule has 0 bridgehead atoms. The van der Waals surface area contributed by atoms with Crippen LogP contribution in [0.1, 0.15) is 11.1 Å². The van der Waals surface area contributed by atoms with Crippen LogP contribution in [0.25, 0.3) is 11.4 Å². The highest BCUT2D eigenvalue weighted by molar-refractivity contribution is 7.99. The maximum absolute atomic E-state index is 12.4. The van der Waals surface area contributed by atoms with E-state index in [1.54, 1.807) is 0 Å². The highest BCUT2D eigenvalue weighted by Crippen LogP contribution is 2.24. The Morgan fingerprint density at radius 1 is 1.00 bits per heavy atom. The zero-order valence-electron chi connectivity index (χ0n) is 17.6. The van der Waals surface area contributed by atoms with E-state index in [0.29, 0.717) is 23.3 Å². The predicted octanol–water partition coefficient (Wildman–Crippen LogP) is 4.28. The second-order valence-corrected chi connectivity index (χ2v) is 8.07. The first-order valence-corrected chi connectivity index (χ1v) is 11.0. The van der Waals surface area contributed by atoms with Crippen molar-refractivity contribution in [3.63, 3.8) is 0 Å². The van der Waals surface area contributed by atoms with Crippen LogP contribution in [0.5, 0.6) is 5.75 Å². The van der Waals surface area contributed by atoms with E-state index in [4.69, 9.17) is 10.6 Å². The quantitative estimate of drug-likeness (QED) is 0.311. The summed E-state index contributed by atoms with van der Waals surface area (Å²) in [4.78, 5) is 12.4. The van der Waals surface area contributed by atoms with E-state index in [2.05, 4.69) is 15.5 Å². The van der Waals surface area contributed by atoms with Crippen molar-refractivity contribution in [3.05, 3.63) is 90.0 Å². The summed E-state index contributed by atoms with van der Waals surface area (Å²) in [5.74, 6) is 7.46. The van der Waals surface area contributed by atoms with Gasteiger partial charge in [-0.3, -0.25) is 4.79 Å². The molecular weight excluding hydrogens is 422 g/mol. The van der Waals surface area contributed by atoms with Gasteiger partial charge in [0.25, 0.3) is 0 Å². The summed E-state index contributed by atoms with van der Waals surface area (Å²) in [6.07, 6.45) is 0. The molecule has 0 unspecified atom stereocenters. The zero-order valence-corrected chi connectivity index (χ0v) is 18.4. The maximum Gasteiger partial charge on any atom is 0.234 e. The van der Waals surface area contributed by atoms with Gasteiger partial charge in [-0.05, 0) is 42.3 Å². The lowest BCUT2D eigenvalue weighted by Crippen LogP contribution is -2.16. The molecule has 32 heavy (non-hydrogen) atoms. The largest absolute Gasteiger partial charge is 0.489 e. The van der Waals surface area contributed by atoms with Crippen molar-refractivity contribution in [2.24, 2.45) is 0 Å². The third-order valence-electron chi connectivity index (χ3n) is 4.77. The number of nitrogen functional groups attached to an aromatic ring is 1. The molecule has 4 rings (SSSR count). The fraction of sp³-hybridized carbons (Fsp3) is 0.125. The minimum Gasteiger partial charge on any atom is -0.489 e. The highest BCUT2D eigenvalue weighted by atomic mass is 32.2. The summed E-state index contributed by atoms with van der Waals surface area (Å²) in [5, 5.41) is 11.6. The number of nitrogens with zero attached hydrogens (tertiary/aromatic N) is 3. The van der Waals surface area contributed by atoms with Gasteiger partial charge in [0.05, 0.1) is 5.75 Å². The summed E-state index contributed by atoms with van der Waals surface area (Å²) in [6.45, 7) is 2.48. The molecule has 7 nitrogen and oxygen atoms in total. The van der Waals surface area contributed by atoms with E-state index in [0.717, 1.165) is 22.4 Å². The number of nitrogens with two attached hydrogens (primary N) is 1. The number of amides is 1. The molecule has 1 aromatic heterocycles. The van der Waals surface area contributed by atoms with Gasteiger partial charge < -0.3 is 15.9 Å². The number of carbonyl (C=O) groups excluding carboxylic acids is 1. The first-order chi connectivity index (χ1) is 15.6. The molecule has 0 saturated carbocycles. The summed E-state index contributed by atoms with van der Waals surface area (Å²) in [6, 6.07) is 25.0. The van der Waals surface area contributed by atoms with Crippen LogP contribution in [-0.4, -0.2) is 26.5 Å². The van der Waals surface area contributed by atoms with E-state index in [9.17, 15) is 4.79 Å². The second kappa shape index (κ2) is 10.0. The molecule has 3 aromatic carbocycles. The molecule has 1 amide bonds. The van der Waals surface area contributed by atoms with Gasteiger partial charge in [-0.1, -0.05) is 66.4 Å². The van der Waals surface area contributed by atoms with E-state index in [-0.39, 0.29) is 11.7 Å². The standard InChI is InChI=1S/C24H23N5O2S/c1-17-7-5-6-10-21(17)23-27-28-24(29(23)25)32-16-22(30)26-19-11-13-20(14-12-19)31-15-18-8-3-2-4-9-18/h2-14H,15-16,25H2,1H3,(H,26,30).